The number of rotatable bonds is 4. The molecule has 2 aromatic carbocycles. The van der Waals surface area contributed by atoms with E-state index in [0.717, 1.165) is 37.3 Å². The number of carbonyl (C=O) groups is 1. The number of fused-ring (bicyclic) bond motifs is 3. The number of amides is 1. The number of nitrogens with zero attached hydrogens (tertiary/aromatic N) is 5. The second-order valence-corrected chi connectivity index (χ2v) is 10.3. The first kappa shape index (κ1) is 22.2. The quantitative estimate of drug-likeness (QED) is 0.535. The number of aromatic nitrogens is 2. The fourth-order valence-corrected chi connectivity index (χ4v) is 6.33. The van der Waals surface area contributed by atoms with Crippen LogP contribution in [0.3, 0.4) is 0 Å². The van der Waals surface area contributed by atoms with E-state index in [4.69, 9.17) is 0 Å². The van der Waals surface area contributed by atoms with Gasteiger partial charge in [0.1, 0.15) is 0 Å². The predicted molar refractivity (Wildman–Crippen MR) is 137 cm³/mol. The van der Waals surface area contributed by atoms with Crippen LogP contribution >= 0.6 is 0 Å². The third kappa shape index (κ3) is 4.20. The molecule has 1 aliphatic carbocycles. The van der Waals surface area contributed by atoms with Crippen molar-refractivity contribution < 1.29 is 4.79 Å². The van der Waals surface area contributed by atoms with E-state index >= 15 is 0 Å². The zero-order valence-electron chi connectivity index (χ0n) is 20.4. The van der Waals surface area contributed by atoms with Gasteiger partial charge in [-0.1, -0.05) is 55.7 Å². The van der Waals surface area contributed by atoms with Crippen molar-refractivity contribution in [2.24, 2.45) is 11.8 Å². The van der Waals surface area contributed by atoms with Crippen molar-refractivity contribution in [1.29, 1.82) is 0 Å². The van der Waals surface area contributed by atoms with Gasteiger partial charge in [-0.2, -0.15) is 0 Å². The first-order valence-corrected chi connectivity index (χ1v) is 12.9. The minimum Gasteiger partial charge on any atom is -0.374 e. The van der Waals surface area contributed by atoms with Crippen molar-refractivity contribution in [1.82, 2.24) is 20.0 Å². The van der Waals surface area contributed by atoms with Crippen LogP contribution in [0.1, 0.15) is 49.3 Å². The highest BCUT2D eigenvalue weighted by Crippen LogP contribution is 2.46. The summed E-state index contributed by atoms with van der Waals surface area (Å²) < 4.78 is 0. The molecule has 0 radical (unpaired) electrons. The van der Waals surface area contributed by atoms with E-state index in [9.17, 15) is 4.79 Å². The lowest BCUT2D eigenvalue weighted by atomic mass is 9.87. The SMILES string of the molecule is CN1C[C@H]2CN(C(=O)C3CCCCC3)N(Cc3cccc(-c4ncccn4)c3)[C@H]2c2ccccc21. The fourth-order valence-electron chi connectivity index (χ4n) is 6.33. The molecule has 3 aromatic rings. The zero-order chi connectivity index (χ0) is 23.8. The molecule has 1 saturated carbocycles. The van der Waals surface area contributed by atoms with Crippen molar-refractivity contribution in [3.63, 3.8) is 0 Å². The highest BCUT2D eigenvalue weighted by molar-refractivity contribution is 5.79. The minimum atomic E-state index is 0.156. The summed E-state index contributed by atoms with van der Waals surface area (Å²) in [4.78, 5) is 25.1. The Kier molecular flexibility index (Phi) is 5.98. The number of hydrogen-bond donors (Lipinski definition) is 0. The Hall–Kier alpha value is -3.25. The number of benzene rings is 2. The molecule has 0 bridgehead atoms. The van der Waals surface area contributed by atoms with Gasteiger partial charge in [0.25, 0.3) is 0 Å². The number of carbonyl (C=O) groups excluding carboxylic acids is 1. The molecule has 6 nitrogen and oxygen atoms in total. The van der Waals surface area contributed by atoms with Crippen molar-refractivity contribution in [2.45, 2.75) is 44.7 Å². The molecule has 6 heteroatoms. The molecule has 2 aliphatic heterocycles. The van der Waals surface area contributed by atoms with Gasteiger partial charge < -0.3 is 4.90 Å². The lowest BCUT2D eigenvalue weighted by Gasteiger charge is -2.39. The van der Waals surface area contributed by atoms with Crippen molar-refractivity contribution >= 4 is 11.6 Å². The molecule has 0 spiro atoms. The molecule has 0 unspecified atom stereocenters. The van der Waals surface area contributed by atoms with Crippen LogP contribution in [0.2, 0.25) is 0 Å². The summed E-state index contributed by atoms with van der Waals surface area (Å²) in [7, 11) is 2.17. The molecule has 0 N–H and O–H groups in total. The van der Waals surface area contributed by atoms with E-state index in [1.54, 1.807) is 12.4 Å². The molecule has 6 rings (SSSR count). The van der Waals surface area contributed by atoms with Gasteiger partial charge in [-0.05, 0) is 42.2 Å². The number of anilines is 1. The van der Waals surface area contributed by atoms with E-state index in [0.29, 0.717) is 18.4 Å². The Bertz CT molecular complexity index is 1190. The van der Waals surface area contributed by atoms with Crippen LogP contribution in [0.15, 0.2) is 67.0 Å². The van der Waals surface area contributed by atoms with Crippen LogP contribution in [-0.2, 0) is 11.3 Å². The number of hydrogen-bond acceptors (Lipinski definition) is 5. The molecule has 1 saturated heterocycles. The van der Waals surface area contributed by atoms with Crippen molar-refractivity contribution in [3.8, 4) is 11.4 Å². The van der Waals surface area contributed by atoms with Crippen LogP contribution in [0.5, 0.6) is 0 Å². The van der Waals surface area contributed by atoms with Crippen LogP contribution in [-0.4, -0.2) is 46.0 Å². The summed E-state index contributed by atoms with van der Waals surface area (Å²) in [5.41, 5.74) is 4.78. The third-order valence-corrected chi connectivity index (χ3v) is 7.96. The van der Waals surface area contributed by atoms with Gasteiger partial charge in [0.15, 0.2) is 5.82 Å². The highest BCUT2D eigenvalue weighted by atomic mass is 16.2. The van der Waals surface area contributed by atoms with E-state index in [-0.39, 0.29) is 12.0 Å². The maximum Gasteiger partial charge on any atom is 0.240 e. The first-order valence-electron chi connectivity index (χ1n) is 12.9. The summed E-state index contributed by atoms with van der Waals surface area (Å²) >= 11 is 0. The molecule has 3 aliphatic rings. The standard InChI is InChI=1S/C29H33N5O/c1-32-19-24-20-34(29(35)22-10-3-2-4-11-22)33(27(24)25-13-5-6-14-26(25)32)18-21-9-7-12-23(17-21)28-30-15-8-16-31-28/h5-9,12-17,22,24,27H,2-4,10-11,18-20H2,1H3/t24-,27+/m0/s1. The van der Waals surface area contributed by atoms with E-state index in [2.05, 4.69) is 80.5 Å². The van der Waals surface area contributed by atoms with Gasteiger partial charge in [-0.3, -0.25) is 9.80 Å². The molecule has 3 heterocycles. The predicted octanol–water partition coefficient (Wildman–Crippen LogP) is 5.09. The summed E-state index contributed by atoms with van der Waals surface area (Å²) in [6.07, 6.45) is 9.20. The summed E-state index contributed by atoms with van der Waals surface area (Å²) in [6, 6.07) is 19.2. The molecule has 35 heavy (non-hydrogen) atoms. The first-order chi connectivity index (χ1) is 17.2. The second kappa shape index (κ2) is 9.42. The van der Waals surface area contributed by atoms with Gasteiger partial charge in [0.05, 0.1) is 6.04 Å². The summed E-state index contributed by atoms with van der Waals surface area (Å²) in [5.74, 6) is 1.60. The van der Waals surface area contributed by atoms with E-state index in [1.165, 1.54) is 36.1 Å². The average molecular weight is 468 g/mol. The molecule has 2 fully saturated rings. The van der Waals surface area contributed by atoms with Crippen molar-refractivity contribution in [2.75, 3.05) is 25.0 Å². The molecule has 180 valence electrons. The maximum atomic E-state index is 13.9. The topological polar surface area (TPSA) is 52.6 Å². The monoisotopic (exact) mass is 467 g/mol. The van der Waals surface area contributed by atoms with Crippen LogP contribution in [0, 0.1) is 11.8 Å². The highest BCUT2D eigenvalue weighted by Gasteiger charge is 2.47. The fraction of sp³-hybridized carbons (Fsp3) is 0.414. The van der Waals surface area contributed by atoms with Gasteiger partial charge in [0.2, 0.25) is 5.91 Å². The summed E-state index contributed by atoms with van der Waals surface area (Å²) in [5, 5.41) is 4.49. The van der Waals surface area contributed by atoms with E-state index in [1.807, 2.05) is 6.07 Å². The van der Waals surface area contributed by atoms with Gasteiger partial charge in [-0.25, -0.2) is 15.0 Å². The Morgan fingerprint density at radius 1 is 0.943 bits per heavy atom. The Morgan fingerprint density at radius 3 is 2.57 bits per heavy atom. The molecule has 1 amide bonds. The number of para-hydroxylation sites is 1. The Labute approximate surface area is 207 Å². The van der Waals surface area contributed by atoms with Gasteiger partial charge >= 0.3 is 0 Å². The molecular weight excluding hydrogens is 434 g/mol. The largest absolute Gasteiger partial charge is 0.374 e. The van der Waals surface area contributed by atoms with Crippen LogP contribution in [0.25, 0.3) is 11.4 Å². The van der Waals surface area contributed by atoms with Crippen molar-refractivity contribution in [3.05, 3.63) is 78.1 Å². The smallest absolute Gasteiger partial charge is 0.240 e. The van der Waals surface area contributed by atoms with E-state index < -0.39 is 0 Å². The summed E-state index contributed by atoms with van der Waals surface area (Å²) in [6.45, 7) is 2.45. The molecule has 2 atom stereocenters. The normalized spacial score (nSPS) is 22.7. The second-order valence-electron chi connectivity index (χ2n) is 10.3. The third-order valence-electron chi connectivity index (χ3n) is 7.96. The molecular formula is C29H33N5O. The average Bonchev–Trinajstić information content (AvgIpc) is 3.27. The van der Waals surface area contributed by atoms with Gasteiger partial charge in [-0.15, -0.1) is 0 Å². The number of hydrazine groups is 1. The lowest BCUT2D eigenvalue weighted by Crippen LogP contribution is -2.45. The van der Waals surface area contributed by atoms with Crippen LogP contribution < -0.4 is 4.90 Å². The minimum absolute atomic E-state index is 0.156. The van der Waals surface area contributed by atoms with Crippen LogP contribution in [0.4, 0.5) is 5.69 Å². The maximum absolute atomic E-state index is 13.9. The Morgan fingerprint density at radius 2 is 1.74 bits per heavy atom. The Balaban J connectivity index is 1.36. The lowest BCUT2D eigenvalue weighted by molar-refractivity contribution is -0.152. The van der Waals surface area contributed by atoms with Gasteiger partial charge in [0, 0.05) is 62.2 Å². The zero-order valence-corrected chi connectivity index (χ0v) is 20.4. The molecule has 1 aromatic heterocycles.